The summed E-state index contributed by atoms with van der Waals surface area (Å²) < 4.78 is 5.97. The number of nitrogens with zero attached hydrogens (tertiary/aromatic N) is 3. The van der Waals surface area contributed by atoms with E-state index in [0.717, 1.165) is 51.3 Å². The van der Waals surface area contributed by atoms with Crippen LogP contribution in [0.3, 0.4) is 0 Å². The lowest BCUT2D eigenvalue weighted by molar-refractivity contribution is -0.127. The van der Waals surface area contributed by atoms with Crippen molar-refractivity contribution in [3.05, 3.63) is 60.4 Å². The average molecular weight is 411 g/mol. The first kappa shape index (κ1) is 22.2. The van der Waals surface area contributed by atoms with Gasteiger partial charge in [0.2, 0.25) is 5.91 Å². The van der Waals surface area contributed by atoms with Crippen LogP contribution in [0, 0.1) is 11.8 Å². The highest BCUT2D eigenvalue weighted by molar-refractivity contribution is 5.79. The Bertz CT molecular complexity index is 754. The number of nitrogens with one attached hydrogen (secondary N) is 1. The molecule has 1 fully saturated rings. The molecular weight excluding hydrogens is 376 g/mol. The van der Waals surface area contributed by atoms with E-state index in [2.05, 4.69) is 58.5 Å². The molecule has 0 saturated carbocycles. The van der Waals surface area contributed by atoms with Gasteiger partial charge in [-0.1, -0.05) is 30.3 Å². The Kier molecular flexibility index (Phi) is 8.66. The minimum Gasteiger partial charge on any atom is -0.492 e. The normalized spacial score (nSPS) is 19.6. The highest BCUT2D eigenvalue weighted by Crippen LogP contribution is 2.25. The van der Waals surface area contributed by atoms with Gasteiger partial charge in [0.25, 0.3) is 0 Å². The van der Waals surface area contributed by atoms with Crippen molar-refractivity contribution in [3.8, 4) is 5.75 Å². The maximum absolute atomic E-state index is 12.9. The molecule has 0 radical (unpaired) electrons. The fraction of sp³-hybridized carbons (Fsp3) is 0.500. The second kappa shape index (κ2) is 11.7. The number of benzene rings is 1. The minimum atomic E-state index is -0.00989. The van der Waals surface area contributed by atoms with Crippen molar-refractivity contribution >= 4 is 5.91 Å². The minimum absolute atomic E-state index is 0.00989. The van der Waals surface area contributed by atoms with Crippen LogP contribution >= 0.6 is 0 Å². The Morgan fingerprint density at radius 2 is 2.03 bits per heavy atom. The van der Waals surface area contributed by atoms with Crippen molar-refractivity contribution in [2.75, 3.05) is 46.9 Å². The van der Waals surface area contributed by atoms with Crippen LogP contribution in [0.15, 0.2) is 54.9 Å². The summed E-state index contributed by atoms with van der Waals surface area (Å²) in [4.78, 5) is 21.5. The van der Waals surface area contributed by atoms with Gasteiger partial charge in [-0.2, -0.15) is 0 Å². The predicted molar refractivity (Wildman–Crippen MR) is 119 cm³/mol. The lowest BCUT2D eigenvalue weighted by Crippen LogP contribution is -2.47. The van der Waals surface area contributed by atoms with Crippen molar-refractivity contribution < 1.29 is 9.53 Å². The second-order valence-electron chi connectivity index (χ2n) is 8.43. The van der Waals surface area contributed by atoms with Gasteiger partial charge in [-0.25, -0.2) is 0 Å². The van der Waals surface area contributed by atoms with Crippen LogP contribution in [0.25, 0.3) is 0 Å². The summed E-state index contributed by atoms with van der Waals surface area (Å²) in [7, 11) is 4.11. The monoisotopic (exact) mass is 410 g/mol. The van der Waals surface area contributed by atoms with Crippen molar-refractivity contribution in [3.63, 3.8) is 0 Å². The number of carbonyl (C=O) groups excluding carboxylic acids is 1. The van der Waals surface area contributed by atoms with Crippen molar-refractivity contribution in [1.29, 1.82) is 0 Å². The van der Waals surface area contributed by atoms with Crippen LogP contribution < -0.4 is 10.1 Å². The topological polar surface area (TPSA) is 57.7 Å². The fourth-order valence-corrected chi connectivity index (χ4v) is 3.98. The van der Waals surface area contributed by atoms with Crippen molar-refractivity contribution in [2.45, 2.75) is 19.4 Å². The van der Waals surface area contributed by atoms with Gasteiger partial charge in [0.15, 0.2) is 0 Å². The zero-order valence-electron chi connectivity index (χ0n) is 18.2. The highest BCUT2D eigenvalue weighted by Gasteiger charge is 2.32. The molecule has 1 aromatic heterocycles. The Labute approximate surface area is 180 Å². The van der Waals surface area contributed by atoms with Gasteiger partial charge in [0.1, 0.15) is 5.75 Å². The number of piperidine rings is 1. The first-order valence-electron chi connectivity index (χ1n) is 10.8. The molecule has 0 spiro atoms. The Balaban J connectivity index is 1.58. The van der Waals surface area contributed by atoms with E-state index in [-0.39, 0.29) is 11.8 Å². The number of aromatic nitrogens is 1. The van der Waals surface area contributed by atoms with E-state index in [1.807, 2.05) is 18.2 Å². The molecule has 1 saturated heterocycles. The number of rotatable bonds is 10. The molecule has 2 atom stereocenters. The van der Waals surface area contributed by atoms with Gasteiger partial charge in [-0.15, -0.1) is 0 Å². The third-order valence-electron chi connectivity index (χ3n) is 5.43. The number of hydrogen-bond donors (Lipinski definition) is 1. The molecular formula is C24H34N4O2. The van der Waals surface area contributed by atoms with Crippen LogP contribution in [0.2, 0.25) is 0 Å². The van der Waals surface area contributed by atoms with Crippen LogP contribution in [0.4, 0.5) is 0 Å². The molecule has 30 heavy (non-hydrogen) atoms. The molecule has 0 aliphatic carbocycles. The summed E-state index contributed by atoms with van der Waals surface area (Å²) in [6, 6.07) is 14.3. The highest BCUT2D eigenvalue weighted by atomic mass is 16.5. The molecule has 1 aromatic carbocycles. The Morgan fingerprint density at radius 3 is 2.77 bits per heavy atom. The molecule has 6 heteroatoms. The quantitative estimate of drug-likeness (QED) is 0.611. The zero-order chi connectivity index (χ0) is 21.2. The molecule has 0 unspecified atom stereocenters. The van der Waals surface area contributed by atoms with Gasteiger partial charge in [0, 0.05) is 38.3 Å². The number of likely N-dealkylation sites (tertiary alicyclic amines) is 1. The van der Waals surface area contributed by atoms with E-state index in [9.17, 15) is 4.79 Å². The SMILES string of the molecule is CN(C)CCCNC(=O)[C@@H]1C[C@H](COc2cccnc2)CN(Cc2ccccc2)C1. The summed E-state index contributed by atoms with van der Waals surface area (Å²) in [5.41, 5.74) is 1.27. The largest absolute Gasteiger partial charge is 0.492 e. The predicted octanol–water partition coefficient (Wildman–Crippen LogP) is 2.67. The molecule has 2 aromatic rings. The van der Waals surface area contributed by atoms with E-state index in [1.165, 1.54) is 5.56 Å². The van der Waals surface area contributed by atoms with Crippen LogP contribution in [-0.4, -0.2) is 67.6 Å². The Hall–Kier alpha value is -2.44. The van der Waals surface area contributed by atoms with Gasteiger partial charge in [-0.05, 0) is 51.2 Å². The molecule has 2 heterocycles. The Morgan fingerprint density at radius 1 is 1.20 bits per heavy atom. The summed E-state index contributed by atoms with van der Waals surface area (Å²) in [6.07, 6.45) is 5.29. The number of ether oxygens (including phenoxy) is 1. The van der Waals surface area contributed by atoms with E-state index < -0.39 is 0 Å². The molecule has 162 valence electrons. The van der Waals surface area contributed by atoms with Crippen LogP contribution in [0.5, 0.6) is 5.75 Å². The van der Waals surface area contributed by atoms with Crippen molar-refractivity contribution in [1.82, 2.24) is 20.1 Å². The number of hydrogen-bond acceptors (Lipinski definition) is 5. The third kappa shape index (κ3) is 7.43. The number of carbonyl (C=O) groups is 1. The summed E-state index contributed by atoms with van der Waals surface area (Å²) >= 11 is 0. The summed E-state index contributed by atoms with van der Waals surface area (Å²) in [5, 5.41) is 3.14. The molecule has 1 aliphatic heterocycles. The maximum Gasteiger partial charge on any atom is 0.224 e. The number of pyridine rings is 1. The van der Waals surface area contributed by atoms with E-state index >= 15 is 0 Å². The zero-order valence-corrected chi connectivity index (χ0v) is 18.2. The lowest BCUT2D eigenvalue weighted by atomic mass is 9.88. The molecule has 6 nitrogen and oxygen atoms in total. The van der Waals surface area contributed by atoms with Gasteiger partial charge < -0.3 is 15.0 Å². The van der Waals surface area contributed by atoms with E-state index in [1.54, 1.807) is 12.4 Å². The summed E-state index contributed by atoms with van der Waals surface area (Å²) in [6.45, 7) is 4.88. The average Bonchev–Trinajstić information content (AvgIpc) is 2.76. The molecule has 3 rings (SSSR count). The molecule has 1 aliphatic rings. The van der Waals surface area contributed by atoms with Crippen LogP contribution in [-0.2, 0) is 11.3 Å². The third-order valence-corrected chi connectivity index (χ3v) is 5.43. The molecule has 1 amide bonds. The van der Waals surface area contributed by atoms with E-state index in [4.69, 9.17) is 4.74 Å². The van der Waals surface area contributed by atoms with Crippen LogP contribution in [0.1, 0.15) is 18.4 Å². The lowest BCUT2D eigenvalue weighted by Gasteiger charge is -2.37. The fourth-order valence-electron chi connectivity index (χ4n) is 3.98. The molecule has 1 N–H and O–H groups in total. The second-order valence-corrected chi connectivity index (χ2v) is 8.43. The van der Waals surface area contributed by atoms with Gasteiger partial charge >= 0.3 is 0 Å². The standard InChI is InChI=1S/C24H34N4O2/c1-27(2)13-7-12-26-24(29)22-14-21(19-30-23-10-6-11-25-15-23)17-28(18-22)16-20-8-4-3-5-9-20/h3-6,8-11,15,21-22H,7,12-14,16-19H2,1-2H3,(H,26,29)/t21-,22+/m0/s1. The number of amides is 1. The van der Waals surface area contributed by atoms with Crippen molar-refractivity contribution in [2.24, 2.45) is 11.8 Å². The van der Waals surface area contributed by atoms with Gasteiger partial charge in [0.05, 0.1) is 18.7 Å². The smallest absolute Gasteiger partial charge is 0.224 e. The van der Waals surface area contributed by atoms with Gasteiger partial charge in [-0.3, -0.25) is 14.7 Å². The molecule has 0 bridgehead atoms. The summed E-state index contributed by atoms with van der Waals surface area (Å²) in [5.74, 6) is 1.24. The first-order valence-corrected chi connectivity index (χ1v) is 10.8. The van der Waals surface area contributed by atoms with E-state index in [0.29, 0.717) is 12.5 Å². The maximum atomic E-state index is 12.9. The first-order chi connectivity index (χ1) is 14.6.